The van der Waals surface area contributed by atoms with Gasteiger partial charge in [0.2, 0.25) is 0 Å². The maximum absolute atomic E-state index is 6.86. The minimum Gasteiger partial charge on any atom is -0.455 e. The third-order valence-electron chi connectivity index (χ3n) is 13.5. The van der Waals surface area contributed by atoms with Crippen LogP contribution in [0, 0.1) is 0 Å². The van der Waals surface area contributed by atoms with Gasteiger partial charge < -0.3 is 4.42 Å². The highest BCUT2D eigenvalue weighted by atomic mass is 16.3. The van der Waals surface area contributed by atoms with Gasteiger partial charge in [-0.15, -0.1) is 0 Å². The predicted octanol–water partition coefficient (Wildman–Crippen LogP) is 14.5. The Kier molecular flexibility index (Phi) is 6.61. The first kappa shape index (κ1) is 33.6. The molecule has 0 bridgehead atoms. The second kappa shape index (κ2) is 11.0. The molecule has 3 heteroatoms. The maximum Gasteiger partial charge on any atom is 0.149 e. The molecule has 0 fully saturated rings. The Bertz CT molecular complexity index is 3080. The molecule has 11 rings (SSSR count). The topological polar surface area (TPSA) is 31.0 Å². The van der Waals surface area contributed by atoms with Crippen molar-refractivity contribution in [2.75, 3.05) is 0 Å². The number of hydrogen-bond acceptors (Lipinski definition) is 2. The van der Waals surface area contributed by atoms with Crippen LogP contribution in [0.15, 0.2) is 126 Å². The molecule has 0 N–H and O–H groups in total. The van der Waals surface area contributed by atoms with Gasteiger partial charge in [-0.1, -0.05) is 134 Å². The summed E-state index contributed by atoms with van der Waals surface area (Å²) in [6, 6.07) is 44.5. The lowest BCUT2D eigenvalue weighted by Crippen LogP contribution is -2.20. The van der Waals surface area contributed by atoms with E-state index in [0.29, 0.717) is 0 Å². The van der Waals surface area contributed by atoms with Gasteiger partial charge >= 0.3 is 0 Å². The van der Waals surface area contributed by atoms with Gasteiger partial charge in [0.05, 0.1) is 16.6 Å². The zero-order valence-corrected chi connectivity index (χ0v) is 33.8. The normalized spacial score (nSPS) is 17.7. The van der Waals surface area contributed by atoms with Crippen LogP contribution in [0.4, 0.5) is 0 Å². The average Bonchev–Trinajstić information content (AvgIpc) is 3.84. The van der Waals surface area contributed by atoms with Crippen molar-refractivity contribution in [2.24, 2.45) is 0 Å². The summed E-state index contributed by atoms with van der Waals surface area (Å²) in [5.74, 6) is 0.880. The second-order valence-corrected chi connectivity index (χ2v) is 19.4. The van der Waals surface area contributed by atoms with Crippen LogP contribution in [0.25, 0.3) is 82.7 Å². The maximum atomic E-state index is 6.86. The molecule has 2 aliphatic rings. The molecule has 2 aromatic heterocycles. The number of benzene rings is 7. The third kappa shape index (κ3) is 4.61. The molecular formula is C53H48N2O. The van der Waals surface area contributed by atoms with E-state index in [2.05, 4.69) is 181 Å². The average molecular weight is 729 g/mol. The first-order chi connectivity index (χ1) is 26.7. The number of para-hydroxylation sites is 3. The van der Waals surface area contributed by atoms with Crippen LogP contribution >= 0.6 is 0 Å². The molecular weight excluding hydrogens is 681 g/mol. The Morgan fingerprint density at radius 3 is 1.91 bits per heavy atom. The standard InChI is InChI=1S/C53H48N2O/c1-50(2)29-52(5,6)46-40(50)28-41-47(53(7,8)30-51(41,3)4)45(46)32-22-24-34(25-23-32)55-43-19-12-11-18-42(43)54-49(55)37-17-13-16-36-39-26-33-21-20-31-14-9-10-15-35(31)38(33)27-44(39)56-48(36)37/h9-28H,29-30H2,1-8H3. The van der Waals surface area contributed by atoms with Crippen LogP contribution in [0.1, 0.15) is 90.5 Å². The van der Waals surface area contributed by atoms with Gasteiger partial charge in [-0.2, -0.15) is 0 Å². The van der Waals surface area contributed by atoms with Crippen molar-refractivity contribution in [1.29, 1.82) is 0 Å². The van der Waals surface area contributed by atoms with Crippen molar-refractivity contribution in [2.45, 2.75) is 89.9 Å². The second-order valence-electron chi connectivity index (χ2n) is 19.4. The van der Waals surface area contributed by atoms with E-state index in [4.69, 9.17) is 9.40 Å². The van der Waals surface area contributed by atoms with Crippen LogP contribution in [0.5, 0.6) is 0 Å². The van der Waals surface area contributed by atoms with Crippen molar-refractivity contribution >= 4 is 54.5 Å². The van der Waals surface area contributed by atoms with E-state index in [1.54, 1.807) is 11.1 Å². The highest BCUT2D eigenvalue weighted by Crippen LogP contribution is 2.60. The van der Waals surface area contributed by atoms with Crippen molar-refractivity contribution in [3.05, 3.63) is 144 Å². The fourth-order valence-electron chi connectivity index (χ4n) is 11.7. The highest BCUT2D eigenvalue weighted by molar-refractivity contribution is 6.17. The van der Waals surface area contributed by atoms with E-state index in [9.17, 15) is 0 Å². The van der Waals surface area contributed by atoms with Gasteiger partial charge in [0.15, 0.2) is 0 Å². The molecule has 3 nitrogen and oxygen atoms in total. The van der Waals surface area contributed by atoms with Gasteiger partial charge in [-0.25, -0.2) is 4.98 Å². The summed E-state index contributed by atoms with van der Waals surface area (Å²) in [4.78, 5) is 5.32. The zero-order chi connectivity index (χ0) is 38.5. The van der Waals surface area contributed by atoms with Crippen LogP contribution in [0.3, 0.4) is 0 Å². The van der Waals surface area contributed by atoms with Crippen molar-refractivity contribution < 1.29 is 4.42 Å². The number of hydrogen-bond donors (Lipinski definition) is 0. The Hall–Kier alpha value is -5.67. The summed E-state index contributed by atoms with van der Waals surface area (Å²) in [5.41, 5.74) is 15.2. The minimum absolute atomic E-state index is 0.0720. The van der Waals surface area contributed by atoms with Gasteiger partial charge in [0.1, 0.15) is 17.0 Å². The highest BCUT2D eigenvalue weighted by Gasteiger charge is 2.50. The molecule has 0 unspecified atom stereocenters. The molecule has 2 heterocycles. The Labute approximate surface area is 329 Å². The molecule has 0 spiro atoms. The fraction of sp³-hybridized carbons (Fsp3) is 0.264. The molecule has 56 heavy (non-hydrogen) atoms. The molecule has 0 amide bonds. The molecule has 0 radical (unpaired) electrons. The van der Waals surface area contributed by atoms with Gasteiger partial charge in [0, 0.05) is 16.5 Å². The van der Waals surface area contributed by atoms with E-state index in [1.807, 2.05) is 0 Å². The van der Waals surface area contributed by atoms with Crippen LogP contribution in [-0.2, 0) is 21.7 Å². The first-order valence-corrected chi connectivity index (χ1v) is 20.3. The molecule has 2 aliphatic carbocycles. The van der Waals surface area contributed by atoms with Gasteiger partial charge in [-0.3, -0.25) is 4.57 Å². The molecule has 7 aromatic carbocycles. The minimum atomic E-state index is 0.0720. The number of aromatic nitrogens is 2. The smallest absolute Gasteiger partial charge is 0.149 e. The molecule has 0 saturated carbocycles. The molecule has 0 saturated heterocycles. The number of imidazole rings is 1. The lowest BCUT2D eigenvalue weighted by atomic mass is 9.74. The Morgan fingerprint density at radius 2 is 1.18 bits per heavy atom. The summed E-state index contributed by atoms with van der Waals surface area (Å²) in [5, 5.41) is 7.11. The van der Waals surface area contributed by atoms with Crippen LogP contribution in [0.2, 0.25) is 0 Å². The summed E-state index contributed by atoms with van der Waals surface area (Å²) in [6.07, 6.45) is 2.29. The molecule has 0 aliphatic heterocycles. The molecule has 276 valence electrons. The van der Waals surface area contributed by atoms with E-state index in [-0.39, 0.29) is 21.7 Å². The number of fused-ring (bicyclic) bond motifs is 9. The van der Waals surface area contributed by atoms with E-state index in [1.165, 1.54) is 43.8 Å². The number of rotatable bonds is 3. The summed E-state index contributed by atoms with van der Waals surface area (Å²) < 4.78 is 9.19. The third-order valence-corrected chi connectivity index (χ3v) is 13.5. The quantitative estimate of drug-likeness (QED) is 0.170. The largest absolute Gasteiger partial charge is 0.455 e. The first-order valence-electron chi connectivity index (χ1n) is 20.3. The zero-order valence-electron chi connectivity index (χ0n) is 33.8. The van der Waals surface area contributed by atoms with E-state index < -0.39 is 0 Å². The molecule has 9 aromatic rings. The molecule has 0 atom stereocenters. The van der Waals surface area contributed by atoms with Crippen LogP contribution < -0.4 is 0 Å². The van der Waals surface area contributed by atoms with Crippen molar-refractivity contribution in [3.8, 4) is 28.2 Å². The lowest BCUT2D eigenvalue weighted by Gasteiger charge is -2.30. The summed E-state index contributed by atoms with van der Waals surface area (Å²) >= 11 is 0. The summed E-state index contributed by atoms with van der Waals surface area (Å²) in [7, 11) is 0. The SMILES string of the molecule is CC1(C)CC(C)(C)c2c1cc1c(c2-c2ccc(-n3c(-c4cccc5c4oc4cc6c(ccc7ccccc76)cc45)nc4ccccc43)cc2)C(C)(C)CC1(C)C. The van der Waals surface area contributed by atoms with Crippen molar-refractivity contribution in [1.82, 2.24) is 9.55 Å². The lowest BCUT2D eigenvalue weighted by molar-refractivity contribution is 0.396. The van der Waals surface area contributed by atoms with Crippen LogP contribution in [-0.4, -0.2) is 9.55 Å². The predicted molar refractivity (Wildman–Crippen MR) is 236 cm³/mol. The number of nitrogens with zero attached hydrogens (tertiary/aromatic N) is 2. The fourth-order valence-corrected chi connectivity index (χ4v) is 11.7. The summed E-state index contributed by atoms with van der Waals surface area (Å²) in [6.45, 7) is 19.7. The monoisotopic (exact) mass is 728 g/mol. The number of furan rings is 1. The van der Waals surface area contributed by atoms with E-state index in [0.717, 1.165) is 62.9 Å². The Morgan fingerprint density at radius 1 is 0.536 bits per heavy atom. The Balaban J connectivity index is 1.12. The van der Waals surface area contributed by atoms with Gasteiger partial charge in [0.25, 0.3) is 0 Å². The van der Waals surface area contributed by atoms with Crippen molar-refractivity contribution in [3.63, 3.8) is 0 Å². The van der Waals surface area contributed by atoms with Gasteiger partial charge in [-0.05, 0) is 132 Å². The van der Waals surface area contributed by atoms with E-state index >= 15 is 0 Å².